The number of aromatic carboxylic acids is 1. The number of carboxylic acid groups (broad SMARTS) is 1. The van der Waals surface area contributed by atoms with Gasteiger partial charge in [0.15, 0.2) is 11.5 Å². The van der Waals surface area contributed by atoms with E-state index in [4.69, 9.17) is 30.6 Å². The van der Waals surface area contributed by atoms with E-state index in [0.717, 1.165) is 0 Å². The molecule has 1 N–H and O–H groups in total. The lowest BCUT2D eigenvalue weighted by Gasteiger charge is -2.16. The molecule has 0 saturated heterocycles. The number of carbonyl (C=O) groups excluding carboxylic acids is 1. The van der Waals surface area contributed by atoms with E-state index in [0.29, 0.717) is 33.6 Å². The van der Waals surface area contributed by atoms with Crippen molar-refractivity contribution >= 4 is 23.5 Å². The number of aryl methyl sites for hydroxylation is 1. The van der Waals surface area contributed by atoms with Crippen LogP contribution in [-0.4, -0.2) is 35.7 Å². The summed E-state index contributed by atoms with van der Waals surface area (Å²) in [5, 5.41) is 9.33. The zero-order valence-electron chi connectivity index (χ0n) is 13.0. The summed E-state index contributed by atoms with van der Waals surface area (Å²) in [5.41, 5.74) is 0.422. The van der Waals surface area contributed by atoms with Gasteiger partial charge in [-0.25, -0.2) is 4.79 Å². The van der Waals surface area contributed by atoms with Gasteiger partial charge in [0.25, 0.3) is 5.91 Å². The van der Waals surface area contributed by atoms with Gasteiger partial charge in [0, 0.05) is 12.6 Å². The molecule has 2 aromatic rings. The molecule has 0 radical (unpaired) electrons. The molecular weight excluding hydrogens is 338 g/mol. The smallest absolute Gasteiger partial charge is 0.339 e. The molecule has 0 saturated carbocycles. The fraction of sp³-hybridized carbons (Fsp3) is 0.250. The SMILES string of the molecule is Cc1oc(CN(C)C(=O)c2cc(Cl)c3c(c2)OCO3)cc1C(=O)O. The Morgan fingerprint density at radius 3 is 2.71 bits per heavy atom. The van der Waals surface area contributed by atoms with Crippen molar-refractivity contribution < 1.29 is 28.6 Å². The number of rotatable bonds is 4. The highest BCUT2D eigenvalue weighted by Crippen LogP contribution is 2.40. The second-order valence-corrected chi connectivity index (χ2v) is 5.75. The van der Waals surface area contributed by atoms with Gasteiger partial charge in [-0.3, -0.25) is 4.79 Å². The summed E-state index contributed by atoms with van der Waals surface area (Å²) in [6.07, 6.45) is 0. The van der Waals surface area contributed by atoms with Crippen molar-refractivity contribution in [3.8, 4) is 11.5 Å². The summed E-state index contributed by atoms with van der Waals surface area (Å²) in [4.78, 5) is 25.0. The molecule has 0 unspecified atom stereocenters. The molecule has 126 valence electrons. The van der Waals surface area contributed by atoms with Crippen molar-refractivity contribution in [1.29, 1.82) is 0 Å². The van der Waals surface area contributed by atoms with Gasteiger partial charge in [-0.05, 0) is 25.1 Å². The molecule has 24 heavy (non-hydrogen) atoms. The third kappa shape index (κ3) is 2.90. The maximum absolute atomic E-state index is 12.5. The van der Waals surface area contributed by atoms with Gasteiger partial charge in [-0.1, -0.05) is 11.6 Å². The summed E-state index contributed by atoms with van der Waals surface area (Å²) in [6.45, 7) is 1.75. The average molecular weight is 352 g/mol. The number of ether oxygens (including phenoxy) is 2. The molecule has 0 bridgehead atoms. The Morgan fingerprint density at radius 2 is 2.04 bits per heavy atom. The Labute approximate surface area is 142 Å². The first-order valence-corrected chi connectivity index (χ1v) is 7.42. The molecule has 0 fully saturated rings. The number of carboxylic acids is 1. The zero-order chi connectivity index (χ0) is 17.4. The molecule has 8 heteroatoms. The predicted octanol–water partition coefficient (Wildman–Crippen LogP) is 2.94. The molecule has 1 aliphatic rings. The minimum Gasteiger partial charge on any atom is -0.478 e. The van der Waals surface area contributed by atoms with Crippen molar-refractivity contribution in [2.24, 2.45) is 0 Å². The maximum atomic E-state index is 12.5. The van der Waals surface area contributed by atoms with Crippen LogP contribution in [0.3, 0.4) is 0 Å². The van der Waals surface area contributed by atoms with Crippen molar-refractivity contribution in [3.05, 3.63) is 45.9 Å². The number of hydrogen-bond acceptors (Lipinski definition) is 5. The lowest BCUT2D eigenvalue weighted by molar-refractivity contribution is 0.0694. The number of benzene rings is 1. The Bertz CT molecular complexity index is 828. The van der Waals surface area contributed by atoms with Gasteiger partial charge in [0.05, 0.1) is 11.6 Å². The van der Waals surface area contributed by atoms with Crippen LogP contribution in [-0.2, 0) is 6.54 Å². The van der Waals surface area contributed by atoms with Crippen LogP contribution in [0, 0.1) is 6.92 Å². The van der Waals surface area contributed by atoms with E-state index in [9.17, 15) is 9.59 Å². The van der Waals surface area contributed by atoms with Crippen LogP contribution in [0.1, 0.15) is 32.2 Å². The maximum Gasteiger partial charge on any atom is 0.339 e. The Kier molecular flexibility index (Phi) is 4.11. The van der Waals surface area contributed by atoms with Crippen molar-refractivity contribution in [1.82, 2.24) is 4.90 Å². The van der Waals surface area contributed by atoms with Gasteiger partial charge in [0.1, 0.15) is 17.1 Å². The number of nitrogens with zero attached hydrogens (tertiary/aromatic N) is 1. The molecule has 1 aromatic carbocycles. The van der Waals surface area contributed by atoms with E-state index in [1.165, 1.54) is 17.0 Å². The van der Waals surface area contributed by atoms with E-state index in [1.54, 1.807) is 20.0 Å². The average Bonchev–Trinajstić information content (AvgIpc) is 3.13. The number of carbonyl (C=O) groups is 2. The number of furan rings is 1. The van der Waals surface area contributed by atoms with Crippen LogP contribution >= 0.6 is 11.6 Å². The normalized spacial score (nSPS) is 12.3. The molecule has 2 heterocycles. The molecule has 1 aromatic heterocycles. The Morgan fingerprint density at radius 1 is 1.29 bits per heavy atom. The second-order valence-electron chi connectivity index (χ2n) is 5.34. The van der Waals surface area contributed by atoms with Crippen LogP contribution in [0.4, 0.5) is 0 Å². The van der Waals surface area contributed by atoms with Crippen LogP contribution < -0.4 is 9.47 Å². The van der Waals surface area contributed by atoms with Crippen LogP contribution in [0.5, 0.6) is 11.5 Å². The first-order valence-electron chi connectivity index (χ1n) is 7.04. The lowest BCUT2D eigenvalue weighted by atomic mass is 10.1. The standard InChI is InChI=1S/C16H14ClNO6/c1-8-11(16(20)21)5-10(24-8)6-18(2)15(19)9-3-12(17)14-13(4-9)22-7-23-14/h3-5H,6-7H2,1-2H3,(H,20,21). The van der Waals surface area contributed by atoms with Crippen LogP contribution in [0.2, 0.25) is 5.02 Å². The van der Waals surface area contributed by atoms with E-state index in [2.05, 4.69) is 0 Å². The number of amides is 1. The van der Waals surface area contributed by atoms with E-state index in [1.807, 2.05) is 0 Å². The third-order valence-corrected chi connectivity index (χ3v) is 3.89. The van der Waals surface area contributed by atoms with Gasteiger partial charge in [0.2, 0.25) is 6.79 Å². The van der Waals surface area contributed by atoms with Gasteiger partial charge in [-0.15, -0.1) is 0 Å². The molecule has 7 nitrogen and oxygen atoms in total. The van der Waals surface area contributed by atoms with Crippen LogP contribution in [0.15, 0.2) is 22.6 Å². The van der Waals surface area contributed by atoms with E-state index in [-0.39, 0.29) is 24.8 Å². The fourth-order valence-electron chi connectivity index (χ4n) is 2.45. The largest absolute Gasteiger partial charge is 0.478 e. The summed E-state index contributed by atoms with van der Waals surface area (Å²) in [6, 6.07) is 4.47. The molecule has 0 aliphatic carbocycles. The zero-order valence-corrected chi connectivity index (χ0v) is 13.7. The molecule has 3 rings (SSSR count). The summed E-state index contributed by atoms with van der Waals surface area (Å²) >= 11 is 6.08. The van der Waals surface area contributed by atoms with E-state index >= 15 is 0 Å². The summed E-state index contributed by atoms with van der Waals surface area (Å²) in [7, 11) is 1.58. The van der Waals surface area contributed by atoms with Crippen molar-refractivity contribution in [2.45, 2.75) is 13.5 Å². The Hall–Kier alpha value is -2.67. The molecular formula is C16H14ClNO6. The first-order chi connectivity index (χ1) is 11.4. The van der Waals surface area contributed by atoms with Gasteiger partial charge in [-0.2, -0.15) is 0 Å². The second kappa shape index (κ2) is 6.09. The van der Waals surface area contributed by atoms with Gasteiger partial charge < -0.3 is 23.9 Å². The minimum atomic E-state index is -1.07. The predicted molar refractivity (Wildman–Crippen MR) is 83.8 cm³/mol. The quantitative estimate of drug-likeness (QED) is 0.911. The van der Waals surface area contributed by atoms with E-state index < -0.39 is 5.97 Å². The molecule has 0 spiro atoms. The fourth-order valence-corrected chi connectivity index (χ4v) is 2.72. The molecule has 1 amide bonds. The highest BCUT2D eigenvalue weighted by atomic mass is 35.5. The third-order valence-electron chi connectivity index (χ3n) is 3.61. The molecule has 1 aliphatic heterocycles. The minimum absolute atomic E-state index is 0.0617. The highest BCUT2D eigenvalue weighted by Gasteiger charge is 2.23. The van der Waals surface area contributed by atoms with Crippen LogP contribution in [0.25, 0.3) is 0 Å². The molecule has 0 atom stereocenters. The van der Waals surface area contributed by atoms with Crippen molar-refractivity contribution in [2.75, 3.05) is 13.8 Å². The number of halogens is 1. The van der Waals surface area contributed by atoms with Gasteiger partial charge >= 0.3 is 5.97 Å². The van der Waals surface area contributed by atoms with Crippen molar-refractivity contribution in [3.63, 3.8) is 0 Å². The summed E-state index contributed by atoms with van der Waals surface area (Å²) in [5.74, 6) is 0.141. The number of fused-ring (bicyclic) bond motifs is 1. The topological polar surface area (TPSA) is 89.2 Å². The first kappa shape index (κ1) is 16.2. The number of hydrogen-bond donors (Lipinski definition) is 1. The monoisotopic (exact) mass is 351 g/mol. The Balaban J connectivity index is 1.79. The summed E-state index contributed by atoms with van der Waals surface area (Å²) < 4.78 is 15.8. The lowest BCUT2D eigenvalue weighted by Crippen LogP contribution is -2.26. The highest BCUT2D eigenvalue weighted by molar-refractivity contribution is 6.32.